The van der Waals surface area contributed by atoms with Crippen molar-refractivity contribution >= 4 is 17.1 Å². The second-order valence-corrected chi connectivity index (χ2v) is 3.82. The van der Waals surface area contributed by atoms with E-state index in [1.807, 2.05) is 0 Å². The Kier molecular flexibility index (Phi) is 2.38. The van der Waals surface area contributed by atoms with Crippen molar-refractivity contribution in [2.45, 2.75) is 0 Å². The van der Waals surface area contributed by atoms with Crippen LogP contribution in [0.4, 0.5) is 0 Å². The van der Waals surface area contributed by atoms with Gasteiger partial charge in [-0.15, -0.1) is 0 Å². The summed E-state index contributed by atoms with van der Waals surface area (Å²) in [4.78, 5) is 32.1. The molecule has 0 spiro atoms. The fourth-order valence-corrected chi connectivity index (χ4v) is 1.74. The second kappa shape index (κ2) is 4.05. The van der Waals surface area contributed by atoms with E-state index in [1.54, 1.807) is 18.2 Å². The Morgan fingerprint density at radius 1 is 1.26 bits per heavy atom. The number of nitrogens with one attached hydrogen (secondary N) is 1. The molecule has 3 aromatic rings. The normalized spacial score (nSPS) is 10.7. The quantitative estimate of drug-likeness (QED) is 0.715. The number of rotatable bonds is 2. The molecule has 2 heterocycles. The van der Waals surface area contributed by atoms with E-state index in [2.05, 4.69) is 15.0 Å². The first-order valence-electron chi connectivity index (χ1n) is 5.32. The standard InChI is InChI=1S/C12H7N3O4/c16-11(17)9-4-8(13-5-14-9)6-1-2-7-10(3-6)19-12(18)15-7/h1-5H,(H,15,18)(H,16,17). The number of fused-ring (bicyclic) bond motifs is 1. The Morgan fingerprint density at radius 2 is 2.11 bits per heavy atom. The van der Waals surface area contributed by atoms with E-state index in [9.17, 15) is 9.59 Å². The van der Waals surface area contributed by atoms with Crippen LogP contribution in [0, 0.1) is 0 Å². The van der Waals surface area contributed by atoms with Crippen molar-refractivity contribution in [3.63, 3.8) is 0 Å². The summed E-state index contributed by atoms with van der Waals surface area (Å²) in [5.74, 6) is -1.67. The Hall–Kier alpha value is -2.96. The minimum absolute atomic E-state index is 0.0966. The van der Waals surface area contributed by atoms with Crippen LogP contribution in [0.15, 0.2) is 39.8 Å². The molecular formula is C12H7N3O4. The van der Waals surface area contributed by atoms with E-state index in [-0.39, 0.29) is 5.69 Å². The molecule has 0 radical (unpaired) electrons. The monoisotopic (exact) mass is 257 g/mol. The number of aromatic nitrogens is 3. The van der Waals surface area contributed by atoms with Gasteiger partial charge in [0.2, 0.25) is 0 Å². The highest BCUT2D eigenvalue weighted by atomic mass is 16.4. The van der Waals surface area contributed by atoms with E-state index in [0.29, 0.717) is 22.4 Å². The lowest BCUT2D eigenvalue weighted by molar-refractivity contribution is 0.0690. The number of benzene rings is 1. The largest absolute Gasteiger partial charge is 0.477 e. The molecule has 19 heavy (non-hydrogen) atoms. The van der Waals surface area contributed by atoms with Crippen LogP contribution in [0.5, 0.6) is 0 Å². The molecule has 7 nitrogen and oxygen atoms in total. The summed E-state index contributed by atoms with van der Waals surface area (Å²) in [6.07, 6.45) is 1.18. The van der Waals surface area contributed by atoms with Crippen molar-refractivity contribution in [2.75, 3.05) is 0 Å². The third-order valence-electron chi connectivity index (χ3n) is 2.60. The van der Waals surface area contributed by atoms with Gasteiger partial charge in [0.25, 0.3) is 0 Å². The minimum Gasteiger partial charge on any atom is -0.477 e. The number of carbonyl (C=O) groups is 1. The van der Waals surface area contributed by atoms with E-state index in [4.69, 9.17) is 9.52 Å². The molecule has 2 N–H and O–H groups in total. The van der Waals surface area contributed by atoms with Crippen molar-refractivity contribution in [3.05, 3.63) is 46.8 Å². The van der Waals surface area contributed by atoms with E-state index < -0.39 is 11.7 Å². The van der Waals surface area contributed by atoms with Crippen LogP contribution in [0.2, 0.25) is 0 Å². The number of hydrogen-bond donors (Lipinski definition) is 2. The Balaban J connectivity index is 2.15. The third kappa shape index (κ3) is 1.97. The van der Waals surface area contributed by atoms with Gasteiger partial charge >= 0.3 is 11.7 Å². The van der Waals surface area contributed by atoms with E-state index in [0.717, 1.165) is 0 Å². The molecule has 0 aliphatic heterocycles. The van der Waals surface area contributed by atoms with Crippen LogP contribution in [0.1, 0.15) is 10.5 Å². The number of carboxylic acids is 1. The molecule has 7 heteroatoms. The highest BCUT2D eigenvalue weighted by molar-refractivity contribution is 5.87. The maximum Gasteiger partial charge on any atom is 0.417 e. The first kappa shape index (κ1) is 11.1. The summed E-state index contributed by atoms with van der Waals surface area (Å²) < 4.78 is 4.94. The van der Waals surface area contributed by atoms with Crippen LogP contribution in [0.3, 0.4) is 0 Å². The molecule has 94 valence electrons. The minimum atomic E-state index is -1.13. The number of oxazole rings is 1. The van der Waals surface area contributed by atoms with Crippen molar-refractivity contribution in [1.82, 2.24) is 15.0 Å². The fraction of sp³-hybridized carbons (Fsp3) is 0. The van der Waals surface area contributed by atoms with Crippen LogP contribution in [-0.2, 0) is 0 Å². The van der Waals surface area contributed by atoms with Gasteiger partial charge in [0.15, 0.2) is 11.3 Å². The maximum atomic E-state index is 11.1. The van der Waals surface area contributed by atoms with Crippen molar-refractivity contribution in [3.8, 4) is 11.3 Å². The average molecular weight is 257 g/mol. The smallest absolute Gasteiger partial charge is 0.417 e. The molecule has 0 atom stereocenters. The van der Waals surface area contributed by atoms with Crippen molar-refractivity contribution in [2.24, 2.45) is 0 Å². The third-order valence-corrected chi connectivity index (χ3v) is 2.60. The topological polar surface area (TPSA) is 109 Å². The summed E-state index contributed by atoms with van der Waals surface area (Å²) in [5.41, 5.74) is 1.94. The molecule has 3 rings (SSSR count). The predicted molar refractivity (Wildman–Crippen MR) is 64.8 cm³/mol. The zero-order valence-electron chi connectivity index (χ0n) is 9.45. The van der Waals surface area contributed by atoms with Gasteiger partial charge < -0.3 is 9.52 Å². The van der Waals surface area contributed by atoms with Gasteiger partial charge in [0.05, 0.1) is 11.2 Å². The number of aromatic amines is 1. The maximum absolute atomic E-state index is 11.1. The summed E-state index contributed by atoms with van der Waals surface area (Å²) in [6, 6.07) is 6.34. The zero-order valence-corrected chi connectivity index (χ0v) is 9.45. The molecule has 0 fully saturated rings. The van der Waals surface area contributed by atoms with Gasteiger partial charge in [-0.25, -0.2) is 19.6 Å². The van der Waals surface area contributed by atoms with Gasteiger partial charge in [-0.3, -0.25) is 4.98 Å². The number of carboxylic acid groups (broad SMARTS) is 1. The predicted octanol–water partition coefficient (Wildman–Crippen LogP) is 1.28. The van der Waals surface area contributed by atoms with Gasteiger partial charge in [0, 0.05) is 5.56 Å². The highest BCUT2D eigenvalue weighted by Crippen LogP contribution is 2.21. The van der Waals surface area contributed by atoms with Crippen LogP contribution in [-0.4, -0.2) is 26.0 Å². The SMILES string of the molecule is O=C(O)c1cc(-c2ccc3[nH]c(=O)oc3c2)ncn1. The van der Waals surface area contributed by atoms with Crippen LogP contribution >= 0.6 is 0 Å². The molecule has 0 unspecified atom stereocenters. The Morgan fingerprint density at radius 3 is 2.89 bits per heavy atom. The zero-order chi connectivity index (χ0) is 13.4. The average Bonchev–Trinajstić information content (AvgIpc) is 2.77. The lowest BCUT2D eigenvalue weighted by Crippen LogP contribution is -2.01. The summed E-state index contributed by atoms with van der Waals surface area (Å²) >= 11 is 0. The summed E-state index contributed by atoms with van der Waals surface area (Å²) in [5, 5.41) is 8.88. The lowest BCUT2D eigenvalue weighted by atomic mass is 10.1. The number of hydrogen-bond acceptors (Lipinski definition) is 5. The summed E-state index contributed by atoms with van der Waals surface area (Å²) in [7, 11) is 0. The van der Waals surface area contributed by atoms with Crippen LogP contribution < -0.4 is 5.76 Å². The lowest BCUT2D eigenvalue weighted by Gasteiger charge is -2.01. The van der Waals surface area contributed by atoms with Gasteiger partial charge in [-0.05, 0) is 18.2 Å². The second-order valence-electron chi connectivity index (χ2n) is 3.82. The molecule has 2 aromatic heterocycles. The number of H-pyrrole nitrogens is 1. The Labute approximate surface area is 105 Å². The first-order chi connectivity index (χ1) is 9.13. The van der Waals surface area contributed by atoms with Gasteiger partial charge in [-0.2, -0.15) is 0 Å². The Bertz CT molecular complexity index is 834. The van der Waals surface area contributed by atoms with Crippen LogP contribution in [0.25, 0.3) is 22.4 Å². The molecule has 0 amide bonds. The number of aromatic carboxylic acids is 1. The van der Waals surface area contributed by atoms with Crippen molar-refractivity contribution < 1.29 is 14.3 Å². The van der Waals surface area contributed by atoms with E-state index in [1.165, 1.54) is 12.4 Å². The molecule has 0 saturated heterocycles. The molecule has 0 aliphatic carbocycles. The first-order valence-corrected chi connectivity index (χ1v) is 5.32. The molecule has 0 saturated carbocycles. The van der Waals surface area contributed by atoms with Crippen molar-refractivity contribution in [1.29, 1.82) is 0 Å². The molecule has 0 aliphatic rings. The van der Waals surface area contributed by atoms with Gasteiger partial charge in [0.1, 0.15) is 6.33 Å². The van der Waals surface area contributed by atoms with Gasteiger partial charge in [-0.1, -0.05) is 6.07 Å². The number of nitrogens with zero attached hydrogens (tertiary/aromatic N) is 2. The molecule has 0 bridgehead atoms. The highest BCUT2D eigenvalue weighted by Gasteiger charge is 2.09. The summed E-state index contributed by atoms with van der Waals surface area (Å²) in [6.45, 7) is 0. The van der Waals surface area contributed by atoms with E-state index >= 15 is 0 Å². The fourth-order valence-electron chi connectivity index (χ4n) is 1.74. The molecule has 1 aromatic carbocycles. The molecular weight excluding hydrogens is 250 g/mol.